The van der Waals surface area contributed by atoms with Crippen molar-refractivity contribution in [2.24, 2.45) is 0 Å². The molecule has 0 radical (unpaired) electrons. The second-order valence-electron chi connectivity index (χ2n) is 5.94. The molecule has 0 aliphatic rings. The van der Waals surface area contributed by atoms with E-state index in [1.807, 2.05) is 61.5 Å². The van der Waals surface area contributed by atoms with Crippen LogP contribution in [0.2, 0.25) is 0 Å². The van der Waals surface area contributed by atoms with Crippen LogP contribution in [0.5, 0.6) is 0 Å². The average Bonchev–Trinajstić information content (AvgIpc) is 2.70. The predicted molar refractivity (Wildman–Crippen MR) is 123 cm³/mol. The average molecular weight is 412 g/mol. The van der Waals surface area contributed by atoms with Crippen molar-refractivity contribution in [3.63, 3.8) is 0 Å². The predicted octanol–water partition coefficient (Wildman–Crippen LogP) is 4.22. The zero-order chi connectivity index (χ0) is 19.0. The smallest absolute Gasteiger partial charge is 0.325 e. The molecule has 0 fully saturated rings. The van der Waals surface area contributed by atoms with Crippen molar-refractivity contribution in [1.29, 1.82) is 0 Å². The van der Waals surface area contributed by atoms with Gasteiger partial charge in [-0.25, -0.2) is 0 Å². The molecule has 3 unspecified atom stereocenters. The maximum Gasteiger partial charge on any atom is 0.325 e. The summed E-state index contributed by atoms with van der Waals surface area (Å²) in [6.45, 7) is 2.28. The third kappa shape index (κ3) is 5.70. The Hall–Kier alpha value is -1.58. The van der Waals surface area contributed by atoms with E-state index >= 15 is 0 Å². The molecule has 3 rings (SSSR count). The molecule has 2 nitrogen and oxygen atoms in total. The van der Waals surface area contributed by atoms with E-state index < -0.39 is 4.64 Å². The summed E-state index contributed by atoms with van der Waals surface area (Å²) in [7, 11) is 1.07. The summed E-state index contributed by atoms with van der Waals surface area (Å²) in [5.41, 5.74) is 0. The molecule has 0 amide bonds. The number of carbonyl (C=O) groups is 1. The lowest BCUT2D eigenvalue weighted by Gasteiger charge is -2.32. The fourth-order valence-electron chi connectivity index (χ4n) is 2.70. The van der Waals surface area contributed by atoms with E-state index in [9.17, 15) is 4.79 Å². The van der Waals surface area contributed by atoms with E-state index in [2.05, 4.69) is 36.4 Å². The van der Waals surface area contributed by atoms with Crippen LogP contribution in [0.15, 0.2) is 91.0 Å². The van der Waals surface area contributed by atoms with Gasteiger partial charge in [0.1, 0.15) is 4.64 Å². The van der Waals surface area contributed by atoms with Crippen LogP contribution in [-0.4, -0.2) is 17.2 Å². The van der Waals surface area contributed by atoms with Crippen molar-refractivity contribution in [3.05, 3.63) is 91.0 Å². The lowest BCUT2D eigenvalue weighted by Crippen LogP contribution is -2.32. The van der Waals surface area contributed by atoms with Crippen LogP contribution in [0.4, 0.5) is 0 Å². The Bertz CT molecular complexity index is 738. The summed E-state index contributed by atoms with van der Waals surface area (Å²) in [5, 5.41) is 3.58. The van der Waals surface area contributed by atoms with Gasteiger partial charge in [0.15, 0.2) is 0 Å². The summed E-state index contributed by atoms with van der Waals surface area (Å²) in [6, 6.07) is 30.9. The van der Waals surface area contributed by atoms with Crippen LogP contribution >= 0.6 is 25.7 Å². The lowest BCUT2D eigenvalue weighted by atomic mass is 10.4. The Labute approximate surface area is 166 Å². The van der Waals surface area contributed by atoms with E-state index in [0.29, 0.717) is 32.3 Å². The van der Waals surface area contributed by atoms with Gasteiger partial charge in [-0.3, -0.25) is 4.79 Å². The fraction of sp³-hybridized carbons (Fsp3) is 0.136. The van der Waals surface area contributed by atoms with Crippen molar-refractivity contribution in [2.75, 3.05) is 6.61 Å². The van der Waals surface area contributed by atoms with Crippen molar-refractivity contribution in [3.8, 4) is 0 Å². The van der Waals surface area contributed by atoms with Gasteiger partial charge in [0, 0.05) is 0 Å². The topological polar surface area (TPSA) is 26.3 Å². The quantitative estimate of drug-likeness (QED) is 0.409. The SMILES string of the molecule is CCOC(=O)C(Pc1ccccc1)(Pc1ccccc1)Pc1ccccc1. The van der Waals surface area contributed by atoms with Crippen LogP contribution in [0.3, 0.4) is 0 Å². The summed E-state index contributed by atoms with van der Waals surface area (Å²) < 4.78 is 5.05. The number of hydrogen-bond donors (Lipinski definition) is 0. The maximum absolute atomic E-state index is 13.3. The first-order chi connectivity index (χ1) is 13.2. The van der Waals surface area contributed by atoms with Gasteiger partial charge in [0.05, 0.1) is 6.61 Å². The minimum atomic E-state index is -0.555. The fourth-order valence-corrected chi connectivity index (χ4v) is 8.95. The van der Waals surface area contributed by atoms with Gasteiger partial charge in [0.25, 0.3) is 0 Å². The van der Waals surface area contributed by atoms with E-state index in [-0.39, 0.29) is 5.97 Å². The molecule has 0 aliphatic heterocycles. The highest BCUT2D eigenvalue weighted by atomic mass is 31.2. The van der Waals surface area contributed by atoms with Crippen molar-refractivity contribution >= 4 is 47.6 Å². The van der Waals surface area contributed by atoms with Crippen LogP contribution in [-0.2, 0) is 9.53 Å². The molecule has 3 atom stereocenters. The van der Waals surface area contributed by atoms with Crippen LogP contribution in [0, 0.1) is 0 Å². The molecule has 0 N–H and O–H groups in total. The number of ether oxygens (including phenoxy) is 1. The second-order valence-corrected chi connectivity index (χ2v) is 12.2. The minimum absolute atomic E-state index is 0.0865. The number of rotatable bonds is 8. The summed E-state index contributed by atoms with van der Waals surface area (Å²) in [6.07, 6.45) is 0. The first kappa shape index (κ1) is 20.2. The molecule has 3 aromatic rings. The number of hydrogen-bond acceptors (Lipinski definition) is 2. The summed E-state index contributed by atoms with van der Waals surface area (Å²) in [5.74, 6) is -0.0865. The first-order valence-electron chi connectivity index (χ1n) is 8.89. The molecule has 27 heavy (non-hydrogen) atoms. The monoisotopic (exact) mass is 412 g/mol. The summed E-state index contributed by atoms with van der Waals surface area (Å²) >= 11 is 0. The Morgan fingerprint density at radius 2 is 1.04 bits per heavy atom. The molecule has 0 spiro atoms. The Morgan fingerprint density at radius 1 is 0.704 bits per heavy atom. The molecule has 0 heterocycles. The molecule has 0 bridgehead atoms. The molecule has 138 valence electrons. The van der Waals surface area contributed by atoms with Gasteiger partial charge < -0.3 is 4.74 Å². The zero-order valence-corrected chi connectivity index (χ0v) is 18.2. The number of carbonyl (C=O) groups excluding carboxylic acids is 1. The van der Waals surface area contributed by atoms with Gasteiger partial charge in [-0.1, -0.05) is 117 Å². The summed E-state index contributed by atoms with van der Waals surface area (Å²) in [4.78, 5) is 13.3. The largest absolute Gasteiger partial charge is 0.465 e. The van der Waals surface area contributed by atoms with E-state index in [1.165, 1.54) is 15.9 Å². The zero-order valence-electron chi connectivity index (χ0n) is 15.2. The van der Waals surface area contributed by atoms with Gasteiger partial charge in [-0.05, 0) is 22.8 Å². The Morgan fingerprint density at radius 3 is 1.33 bits per heavy atom. The third-order valence-corrected chi connectivity index (χ3v) is 9.75. The molecule has 3 aromatic carbocycles. The Balaban J connectivity index is 2.02. The highest BCUT2D eigenvalue weighted by Crippen LogP contribution is 2.57. The molecule has 0 aromatic heterocycles. The van der Waals surface area contributed by atoms with Gasteiger partial charge in [-0.15, -0.1) is 0 Å². The van der Waals surface area contributed by atoms with Gasteiger partial charge in [-0.2, -0.15) is 0 Å². The molecule has 5 heteroatoms. The van der Waals surface area contributed by atoms with Crippen LogP contribution in [0.1, 0.15) is 6.92 Å². The first-order valence-corrected chi connectivity index (χ1v) is 11.9. The standard InChI is InChI=1S/C22H23O2P3/c1-2-24-21(23)22(25-18-12-6-3-7-13-18,26-19-14-8-4-9-15-19)27-20-16-10-5-11-17-20/h3-17,25-27H,2H2,1H3. The number of esters is 1. The molecule has 0 saturated carbocycles. The molecule has 0 aliphatic carbocycles. The Kier molecular flexibility index (Phi) is 7.54. The van der Waals surface area contributed by atoms with Crippen LogP contribution in [0.25, 0.3) is 0 Å². The van der Waals surface area contributed by atoms with Crippen molar-refractivity contribution in [1.82, 2.24) is 0 Å². The maximum atomic E-state index is 13.3. The van der Waals surface area contributed by atoms with Crippen LogP contribution < -0.4 is 15.9 Å². The van der Waals surface area contributed by atoms with Gasteiger partial charge >= 0.3 is 5.97 Å². The van der Waals surface area contributed by atoms with Gasteiger partial charge in [0.2, 0.25) is 0 Å². The van der Waals surface area contributed by atoms with Crippen molar-refractivity contribution < 1.29 is 9.53 Å². The molecular formula is C22H23O2P3. The minimum Gasteiger partial charge on any atom is -0.465 e. The van der Waals surface area contributed by atoms with Crippen molar-refractivity contribution in [2.45, 2.75) is 11.6 Å². The molecule has 0 saturated heterocycles. The highest BCUT2D eigenvalue weighted by Gasteiger charge is 2.41. The second kappa shape index (κ2) is 10.1. The lowest BCUT2D eigenvalue weighted by molar-refractivity contribution is -0.141. The highest BCUT2D eigenvalue weighted by molar-refractivity contribution is 7.85. The van der Waals surface area contributed by atoms with E-state index in [0.717, 1.165) is 0 Å². The normalized spacial score (nSPS) is 14.3. The number of benzene rings is 3. The van der Waals surface area contributed by atoms with E-state index in [4.69, 9.17) is 4.74 Å². The van der Waals surface area contributed by atoms with E-state index in [1.54, 1.807) is 0 Å². The molecular weight excluding hydrogens is 389 g/mol. The third-order valence-electron chi connectivity index (χ3n) is 3.90.